The van der Waals surface area contributed by atoms with Crippen LogP contribution in [-0.2, 0) is 0 Å². The van der Waals surface area contributed by atoms with Crippen LogP contribution in [-0.4, -0.2) is 31.6 Å². The number of nitro benzene ring substituents is 2. The van der Waals surface area contributed by atoms with E-state index in [-0.39, 0.29) is 22.5 Å². The van der Waals surface area contributed by atoms with Crippen molar-refractivity contribution < 1.29 is 29.6 Å². The summed E-state index contributed by atoms with van der Waals surface area (Å²) in [6.45, 7) is 0. The first-order valence-corrected chi connectivity index (χ1v) is 8.35. The molecular weight excluding hydrogens is 396 g/mol. The Kier molecular flexibility index (Phi) is 5.23. The van der Waals surface area contributed by atoms with Gasteiger partial charge in [-0.25, -0.2) is 0 Å². The molecule has 0 spiro atoms. The van der Waals surface area contributed by atoms with Gasteiger partial charge in [0.25, 0.3) is 0 Å². The monoisotopic (exact) mass is 408 g/mol. The lowest BCUT2D eigenvalue weighted by Gasteiger charge is -2.18. The highest BCUT2D eigenvalue weighted by atomic mass is 16.6. The molecule has 2 N–H and O–H groups in total. The summed E-state index contributed by atoms with van der Waals surface area (Å²) < 4.78 is 0. The molecule has 10 nitrogen and oxygen atoms in total. The fourth-order valence-corrected chi connectivity index (χ4v) is 2.93. The number of hydrogen-bond acceptors (Lipinski definition) is 8. The summed E-state index contributed by atoms with van der Waals surface area (Å²) in [4.78, 5) is 43.3. The van der Waals surface area contributed by atoms with E-state index in [1.54, 1.807) is 18.2 Å². The van der Waals surface area contributed by atoms with E-state index in [2.05, 4.69) is 0 Å². The number of aromatic hydroxyl groups is 2. The third kappa shape index (κ3) is 3.44. The number of nitro groups is 2. The summed E-state index contributed by atoms with van der Waals surface area (Å²) in [5.41, 5.74) is -0.409. The fraction of sp³-hybridized carbons (Fsp3) is 0. The van der Waals surface area contributed by atoms with Crippen LogP contribution in [0.4, 0.5) is 11.4 Å². The number of ketones is 2. The van der Waals surface area contributed by atoms with Crippen molar-refractivity contribution in [2.24, 2.45) is 0 Å². The van der Waals surface area contributed by atoms with Crippen LogP contribution in [0.1, 0.15) is 31.8 Å². The summed E-state index contributed by atoms with van der Waals surface area (Å²) in [5, 5.41) is 39.6. The van der Waals surface area contributed by atoms with Crippen molar-refractivity contribution >= 4 is 22.9 Å². The Balaban J connectivity index is 0.000000187. The van der Waals surface area contributed by atoms with Gasteiger partial charge < -0.3 is 10.2 Å². The quantitative estimate of drug-likeness (QED) is 0.290. The minimum absolute atomic E-state index is 0.119. The van der Waals surface area contributed by atoms with E-state index in [0.29, 0.717) is 5.56 Å². The Hall–Kier alpha value is -4.60. The third-order valence-corrected chi connectivity index (χ3v) is 4.32. The second-order valence-electron chi connectivity index (χ2n) is 6.06. The van der Waals surface area contributed by atoms with Crippen molar-refractivity contribution in [1.29, 1.82) is 0 Å². The highest BCUT2D eigenvalue weighted by Gasteiger charge is 2.32. The summed E-state index contributed by atoms with van der Waals surface area (Å²) >= 11 is 0. The number of benzene rings is 3. The summed E-state index contributed by atoms with van der Waals surface area (Å²) in [6, 6.07) is 13.9. The largest absolute Gasteiger partial charge is 0.504 e. The van der Waals surface area contributed by atoms with Crippen LogP contribution in [0, 0.1) is 20.2 Å². The number of hydrogen-bond donors (Lipinski definition) is 2. The van der Waals surface area contributed by atoms with Crippen molar-refractivity contribution in [2.75, 3.05) is 0 Å². The second-order valence-corrected chi connectivity index (χ2v) is 6.06. The van der Waals surface area contributed by atoms with Crippen LogP contribution in [0.2, 0.25) is 0 Å². The first-order chi connectivity index (χ1) is 14.2. The Bertz CT molecular complexity index is 1190. The molecule has 3 aromatic rings. The molecule has 1 aliphatic carbocycles. The third-order valence-electron chi connectivity index (χ3n) is 4.32. The minimum atomic E-state index is -0.780. The van der Waals surface area contributed by atoms with Crippen molar-refractivity contribution in [2.45, 2.75) is 0 Å². The smallest absolute Gasteiger partial charge is 0.346 e. The molecule has 3 aromatic carbocycles. The molecule has 0 saturated carbocycles. The van der Waals surface area contributed by atoms with Crippen molar-refractivity contribution in [3.05, 3.63) is 103 Å². The van der Waals surface area contributed by atoms with Gasteiger partial charge in [0.05, 0.1) is 15.4 Å². The maximum atomic E-state index is 12.2. The first kappa shape index (κ1) is 20.1. The lowest BCUT2D eigenvalue weighted by Crippen LogP contribution is -2.20. The summed E-state index contributed by atoms with van der Waals surface area (Å²) in [5.74, 6) is -1.72. The lowest BCUT2D eigenvalue weighted by atomic mass is 9.83. The van der Waals surface area contributed by atoms with Crippen molar-refractivity contribution in [1.82, 2.24) is 0 Å². The van der Waals surface area contributed by atoms with Gasteiger partial charge >= 0.3 is 11.4 Å². The van der Waals surface area contributed by atoms with Gasteiger partial charge in [0.15, 0.2) is 23.1 Å². The van der Waals surface area contributed by atoms with Crippen molar-refractivity contribution in [3.8, 4) is 11.5 Å². The van der Waals surface area contributed by atoms with Crippen LogP contribution in [0.3, 0.4) is 0 Å². The van der Waals surface area contributed by atoms with Gasteiger partial charge in [-0.05, 0) is 12.1 Å². The molecule has 0 radical (unpaired) electrons. The molecule has 0 aliphatic heterocycles. The normalized spacial score (nSPS) is 11.6. The Morgan fingerprint density at radius 1 is 0.633 bits per heavy atom. The summed E-state index contributed by atoms with van der Waals surface area (Å²) in [7, 11) is 0. The van der Waals surface area contributed by atoms with Crippen LogP contribution < -0.4 is 0 Å². The molecule has 0 fully saturated rings. The Morgan fingerprint density at radius 3 is 1.60 bits per heavy atom. The van der Waals surface area contributed by atoms with E-state index in [1.807, 2.05) is 0 Å². The maximum Gasteiger partial charge on any atom is 0.346 e. The number of para-hydroxylation sites is 2. The van der Waals surface area contributed by atoms with Crippen LogP contribution in [0.25, 0.3) is 0 Å². The molecule has 0 bridgehead atoms. The van der Waals surface area contributed by atoms with E-state index >= 15 is 0 Å². The lowest BCUT2D eigenvalue weighted by molar-refractivity contribution is -0.422. The Labute approximate surface area is 167 Å². The molecule has 1 aliphatic rings. The van der Waals surface area contributed by atoms with Gasteiger partial charge in [0.2, 0.25) is 0 Å². The first-order valence-electron chi connectivity index (χ1n) is 8.35. The predicted octanol–water partition coefficient (Wildman–Crippen LogP) is 3.38. The van der Waals surface area contributed by atoms with E-state index in [4.69, 9.17) is 0 Å². The number of phenols is 2. The zero-order valence-corrected chi connectivity index (χ0v) is 15.0. The fourth-order valence-electron chi connectivity index (χ4n) is 2.93. The molecule has 4 rings (SSSR count). The molecule has 0 aromatic heterocycles. The average Bonchev–Trinajstić information content (AvgIpc) is 2.74. The predicted molar refractivity (Wildman–Crippen MR) is 103 cm³/mol. The molecule has 0 saturated heterocycles. The number of carbonyl (C=O) groups is 2. The molecule has 30 heavy (non-hydrogen) atoms. The molecule has 0 amide bonds. The van der Waals surface area contributed by atoms with E-state index in [1.165, 1.54) is 30.3 Å². The van der Waals surface area contributed by atoms with Gasteiger partial charge in [-0.3, -0.25) is 29.8 Å². The average molecular weight is 408 g/mol. The van der Waals surface area contributed by atoms with E-state index in [0.717, 1.165) is 12.1 Å². The molecule has 150 valence electrons. The van der Waals surface area contributed by atoms with Gasteiger partial charge in [0, 0.05) is 28.8 Å². The highest BCUT2D eigenvalue weighted by molar-refractivity contribution is 6.29. The van der Waals surface area contributed by atoms with Crippen LogP contribution >= 0.6 is 0 Å². The second kappa shape index (κ2) is 7.80. The standard InChI is InChI=1S/C14H8O4.C6H4N2O4/c15-10-6-5-9-11(14(10)18)13(17)8-4-2-1-3-7(8)12(9)16;9-7(10)5-3-1-2-4-6(5)8(11)12/h1-6,15,18H;1-4H. The SMILES string of the molecule is O=C1c2ccccc2C(=O)c2c1ccc(O)c2O.O=[N+]([O-])c1ccccc1[N+](=O)[O-]. The summed E-state index contributed by atoms with van der Waals surface area (Å²) in [6.07, 6.45) is 0. The molecule has 0 unspecified atom stereocenters. The Morgan fingerprint density at radius 2 is 1.10 bits per heavy atom. The van der Waals surface area contributed by atoms with Crippen LogP contribution in [0.15, 0.2) is 60.7 Å². The number of carbonyl (C=O) groups excluding carboxylic acids is 2. The van der Waals surface area contributed by atoms with E-state index < -0.39 is 38.5 Å². The zero-order valence-electron chi connectivity index (χ0n) is 15.0. The highest BCUT2D eigenvalue weighted by Crippen LogP contribution is 2.37. The molecule has 0 atom stereocenters. The molecular formula is C20H12N2O8. The van der Waals surface area contributed by atoms with Gasteiger partial charge in [-0.15, -0.1) is 0 Å². The zero-order chi connectivity index (χ0) is 22.0. The molecule has 10 heteroatoms. The van der Waals surface area contributed by atoms with Crippen molar-refractivity contribution in [3.63, 3.8) is 0 Å². The number of rotatable bonds is 2. The van der Waals surface area contributed by atoms with Gasteiger partial charge in [-0.2, -0.15) is 0 Å². The van der Waals surface area contributed by atoms with Gasteiger partial charge in [-0.1, -0.05) is 36.4 Å². The number of nitrogens with zero attached hydrogens (tertiary/aromatic N) is 2. The topological polar surface area (TPSA) is 161 Å². The van der Waals surface area contributed by atoms with Gasteiger partial charge in [0.1, 0.15) is 0 Å². The molecule has 0 heterocycles. The number of phenolic OH excluding ortho intramolecular Hbond substituents is 2. The van der Waals surface area contributed by atoms with E-state index in [9.17, 15) is 40.0 Å². The number of fused-ring (bicyclic) bond motifs is 2. The minimum Gasteiger partial charge on any atom is -0.504 e. The van der Waals surface area contributed by atoms with Crippen LogP contribution in [0.5, 0.6) is 11.5 Å². The maximum absolute atomic E-state index is 12.2.